The van der Waals surface area contributed by atoms with E-state index in [1.165, 1.54) is 60.4 Å². The van der Waals surface area contributed by atoms with Crippen LogP contribution in [0, 0.1) is 0 Å². The van der Waals surface area contributed by atoms with Crippen LogP contribution in [-0.4, -0.2) is 45.0 Å². The van der Waals surface area contributed by atoms with Crippen LogP contribution in [0.5, 0.6) is 11.5 Å². The van der Waals surface area contributed by atoms with Gasteiger partial charge in [-0.05, 0) is 42.5 Å². The maximum absolute atomic E-state index is 12.7. The molecule has 0 radical (unpaired) electrons. The number of aromatic amines is 1. The molecule has 0 saturated heterocycles. The first kappa shape index (κ1) is 27.0. The molecule has 4 rings (SSSR count). The number of amides is 4. The number of hydrogen-bond donors (Lipinski definition) is 6. The highest BCUT2D eigenvalue weighted by Crippen LogP contribution is 2.39. The number of nitrogens with one attached hydrogen (secondary N) is 5. The minimum Gasteiger partial charge on any atom is -0.478 e. The van der Waals surface area contributed by atoms with Crippen molar-refractivity contribution < 1.29 is 24.2 Å². The Kier molecular flexibility index (Phi) is 8.03. The van der Waals surface area contributed by atoms with E-state index < -0.39 is 23.6 Å². The van der Waals surface area contributed by atoms with E-state index in [9.17, 15) is 19.2 Å². The Morgan fingerprint density at radius 1 is 0.949 bits per heavy atom. The molecule has 15 heteroatoms. The summed E-state index contributed by atoms with van der Waals surface area (Å²) in [6, 6.07) is 11.6. The van der Waals surface area contributed by atoms with Crippen molar-refractivity contribution in [3.63, 3.8) is 0 Å². The second-order valence-electron chi connectivity index (χ2n) is 7.69. The average Bonchev–Trinajstić information content (AvgIpc) is 3.28. The van der Waals surface area contributed by atoms with Gasteiger partial charge in [-0.2, -0.15) is 0 Å². The standard InChI is InChI=1S/C24H19Cl2N7O6/c1-27-23(37)30-17-10-14(8-9-28-17)39-16-7-6-15(20(25)21(16)26)29-24(38)31-18-11-19(34)32-33(18)13-4-2-12(3-5-13)22(35)36/h2-11H,1H3,(H,32,34)(H,35,36)(H2,29,31,38)(H2,27,28,30,37). The van der Waals surface area contributed by atoms with Gasteiger partial charge in [0.1, 0.15) is 28.2 Å². The van der Waals surface area contributed by atoms with Crippen molar-refractivity contribution in [2.24, 2.45) is 0 Å². The lowest BCUT2D eigenvalue weighted by Gasteiger charge is -2.14. The third-order valence-corrected chi connectivity index (χ3v) is 5.93. The molecule has 0 atom stereocenters. The molecule has 2 heterocycles. The van der Waals surface area contributed by atoms with Gasteiger partial charge in [-0.1, -0.05) is 23.2 Å². The lowest BCUT2D eigenvalue weighted by Crippen LogP contribution is -2.24. The number of H-pyrrole nitrogens is 1. The molecule has 0 saturated carbocycles. The predicted molar refractivity (Wildman–Crippen MR) is 145 cm³/mol. The molecule has 2 aromatic carbocycles. The molecule has 200 valence electrons. The molecule has 0 aliphatic carbocycles. The van der Waals surface area contributed by atoms with Crippen LogP contribution in [0.4, 0.5) is 26.9 Å². The van der Waals surface area contributed by atoms with Gasteiger partial charge >= 0.3 is 18.0 Å². The van der Waals surface area contributed by atoms with E-state index in [0.717, 1.165) is 6.07 Å². The smallest absolute Gasteiger partial charge is 0.335 e. The minimum atomic E-state index is -1.10. The third-order valence-electron chi connectivity index (χ3n) is 5.07. The number of nitrogens with zero attached hydrogens (tertiary/aromatic N) is 2. The van der Waals surface area contributed by atoms with E-state index in [4.69, 9.17) is 33.0 Å². The Morgan fingerprint density at radius 3 is 2.38 bits per heavy atom. The highest BCUT2D eigenvalue weighted by atomic mass is 35.5. The number of rotatable bonds is 7. The fourth-order valence-electron chi connectivity index (χ4n) is 3.27. The number of pyridine rings is 1. The van der Waals surface area contributed by atoms with Gasteiger partial charge in [-0.25, -0.2) is 24.0 Å². The predicted octanol–water partition coefficient (Wildman–Crippen LogP) is 4.75. The number of anilines is 3. The Balaban J connectivity index is 1.48. The highest BCUT2D eigenvalue weighted by molar-refractivity contribution is 6.45. The summed E-state index contributed by atoms with van der Waals surface area (Å²) in [5.74, 6) is -0.286. The van der Waals surface area contributed by atoms with Gasteiger partial charge in [0.15, 0.2) is 0 Å². The van der Waals surface area contributed by atoms with Crippen molar-refractivity contribution in [2.75, 3.05) is 23.0 Å². The van der Waals surface area contributed by atoms with E-state index in [-0.39, 0.29) is 38.7 Å². The van der Waals surface area contributed by atoms with Crippen LogP contribution in [0.25, 0.3) is 5.69 Å². The summed E-state index contributed by atoms with van der Waals surface area (Å²) in [6.07, 6.45) is 1.43. The van der Waals surface area contributed by atoms with Gasteiger partial charge in [-0.3, -0.25) is 20.5 Å². The summed E-state index contributed by atoms with van der Waals surface area (Å²) in [4.78, 5) is 51.3. The van der Waals surface area contributed by atoms with Gasteiger partial charge in [0, 0.05) is 25.4 Å². The number of carboxylic acids is 1. The third kappa shape index (κ3) is 6.47. The highest BCUT2D eigenvalue weighted by Gasteiger charge is 2.16. The number of urea groups is 2. The van der Waals surface area contributed by atoms with Gasteiger partial charge in [0.25, 0.3) is 5.56 Å². The molecule has 4 amide bonds. The number of carbonyl (C=O) groups is 3. The minimum absolute atomic E-state index is 0.00385. The Hall–Kier alpha value is -5.01. The lowest BCUT2D eigenvalue weighted by atomic mass is 10.2. The molecule has 2 aromatic heterocycles. The number of halogens is 2. The zero-order valence-electron chi connectivity index (χ0n) is 19.9. The maximum atomic E-state index is 12.7. The van der Waals surface area contributed by atoms with Crippen LogP contribution in [0.15, 0.2) is 65.6 Å². The molecule has 4 aromatic rings. The number of carbonyl (C=O) groups excluding carboxylic acids is 2. The van der Waals surface area contributed by atoms with Crippen molar-refractivity contribution in [1.82, 2.24) is 20.1 Å². The van der Waals surface area contributed by atoms with E-state index in [2.05, 4.69) is 31.3 Å². The van der Waals surface area contributed by atoms with E-state index in [1.807, 2.05) is 0 Å². The van der Waals surface area contributed by atoms with Crippen LogP contribution < -0.4 is 31.6 Å². The summed E-state index contributed by atoms with van der Waals surface area (Å²) in [5.41, 5.74) is 0.118. The Morgan fingerprint density at radius 2 is 1.69 bits per heavy atom. The number of aromatic nitrogens is 3. The van der Waals surface area contributed by atoms with Crippen LogP contribution in [0.2, 0.25) is 10.0 Å². The fraction of sp³-hybridized carbons (Fsp3) is 0.0417. The van der Waals surface area contributed by atoms with Crippen LogP contribution >= 0.6 is 23.2 Å². The summed E-state index contributed by atoms with van der Waals surface area (Å²) in [6.45, 7) is 0. The first-order valence-electron chi connectivity index (χ1n) is 11.0. The summed E-state index contributed by atoms with van der Waals surface area (Å²) in [7, 11) is 1.46. The van der Waals surface area contributed by atoms with Crippen LogP contribution in [-0.2, 0) is 0 Å². The molecule has 0 bridgehead atoms. The van der Waals surface area contributed by atoms with Gasteiger partial charge in [-0.15, -0.1) is 0 Å². The molecule has 0 aliphatic rings. The van der Waals surface area contributed by atoms with Crippen molar-refractivity contribution in [3.8, 4) is 17.2 Å². The molecular weight excluding hydrogens is 553 g/mol. The van der Waals surface area contributed by atoms with Crippen molar-refractivity contribution in [3.05, 3.63) is 86.8 Å². The zero-order valence-corrected chi connectivity index (χ0v) is 21.4. The van der Waals surface area contributed by atoms with Crippen molar-refractivity contribution in [1.29, 1.82) is 0 Å². The zero-order chi connectivity index (χ0) is 28.1. The first-order chi connectivity index (χ1) is 18.6. The van der Waals surface area contributed by atoms with Gasteiger partial charge < -0.3 is 20.5 Å². The monoisotopic (exact) mass is 571 g/mol. The normalized spacial score (nSPS) is 10.4. The Bertz CT molecular complexity index is 1620. The molecule has 0 fully saturated rings. The molecule has 0 spiro atoms. The largest absolute Gasteiger partial charge is 0.478 e. The van der Waals surface area contributed by atoms with E-state index in [1.54, 1.807) is 6.07 Å². The quantitative estimate of drug-likeness (QED) is 0.185. The van der Waals surface area contributed by atoms with Crippen molar-refractivity contribution in [2.45, 2.75) is 0 Å². The molecule has 0 aliphatic heterocycles. The number of benzene rings is 2. The maximum Gasteiger partial charge on any atom is 0.335 e. The van der Waals surface area contributed by atoms with Crippen molar-refractivity contribution >= 4 is 58.6 Å². The van der Waals surface area contributed by atoms with Crippen LogP contribution in [0.3, 0.4) is 0 Å². The molecular formula is C24H19Cl2N7O6. The second-order valence-corrected chi connectivity index (χ2v) is 8.45. The number of hydrogen-bond acceptors (Lipinski definition) is 6. The molecule has 39 heavy (non-hydrogen) atoms. The van der Waals surface area contributed by atoms with Gasteiger partial charge in [0.05, 0.1) is 22.0 Å². The molecule has 0 unspecified atom stereocenters. The fourth-order valence-corrected chi connectivity index (χ4v) is 3.67. The summed E-state index contributed by atoms with van der Waals surface area (Å²) >= 11 is 12.7. The topological polar surface area (TPSA) is 179 Å². The van der Waals surface area contributed by atoms with E-state index >= 15 is 0 Å². The number of aromatic carboxylic acids is 1. The van der Waals surface area contributed by atoms with Crippen LogP contribution in [0.1, 0.15) is 10.4 Å². The molecule has 13 nitrogen and oxygen atoms in total. The van der Waals surface area contributed by atoms with Gasteiger partial charge in [0.2, 0.25) is 0 Å². The number of ether oxygens (including phenoxy) is 1. The summed E-state index contributed by atoms with van der Waals surface area (Å²) in [5, 5.41) is 21.6. The molecule has 6 N–H and O–H groups in total. The lowest BCUT2D eigenvalue weighted by molar-refractivity contribution is 0.0697. The first-order valence-corrected chi connectivity index (χ1v) is 11.7. The second kappa shape index (κ2) is 11.6. The summed E-state index contributed by atoms with van der Waals surface area (Å²) < 4.78 is 7.04. The Labute approximate surface area is 229 Å². The number of carboxylic acid groups (broad SMARTS) is 1. The SMILES string of the molecule is CNC(=O)Nc1cc(Oc2ccc(NC(=O)Nc3cc(=O)[nH]n3-c3ccc(C(=O)O)cc3)c(Cl)c2Cl)ccn1. The average molecular weight is 572 g/mol. The van der Waals surface area contributed by atoms with E-state index in [0.29, 0.717) is 11.4 Å².